The van der Waals surface area contributed by atoms with Gasteiger partial charge in [0, 0.05) is 0 Å². The minimum absolute atomic E-state index is 0.0376. The molecule has 2 aliphatic rings. The van der Waals surface area contributed by atoms with Crippen molar-refractivity contribution in [2.24, 2.45) is 11.1 Å². The van der Waals surface area contributed by atoms with Gasteiger partial charge in [-0.25, -0.2) is 4.79 Å². The lowest BCUT2D eigenvalue weighted by atomic mass is 9.92. The number of benzene rings is 1. The van der Waals surface area contributed by atoms with E-state index in [0.29, 0.717) is 33.0 Å². The van der Waals surface area contributed by atoms with E-state index in [1.54, 1.807) is 6.92 Å². The van der Waals surface area contributed by atoms with E-state index in [2.05, 4.69) is 21.1 Å². The van der Waals surface area contributed by atoms with Crippen LogP contribution in [0.2, 0.25) is 0 Å². The zero-order valence-corrected chi connectivity index (χ0v) is 14.2. The number of fused-ring (bicyclic) bond motifs is 1. The Hall–Kier alpha value is -2.16. The second kappa shape index (κ2) is 5.80. The van der Waals surface area contributed by atoms with Crippen LogP contribution >= 0.6 is 15.9 Å². The molecule has 0 bridgehead atoms. The van der Waals surface area contributed by atoms with Gasteiger partial charge in [0.05, 0.1) is 30.2 Å². The van der Waals surface area contributed by atoms with Gasteiger partial charge in [-0.3, -0.25) is 0 Å². The average molecular weight is 388 g/mol. The lowest BCUT2D eigenvalue weighted by Gasteiger charge is -2.21. The summed E-state index contributed by atoms with van der Waals surface area (Å²) in [4.78, 5) is 16.6. The summed E-state index contributed by atoms with van der Waals surface area (Å²) in [5.74, 6) is 0.0226. The zero-order chi connectivity index (χ0) is 16.7. The minimum atomic E-state index is -1.12. The van der Waals surface area contributed by atoms with Gasteiger partial charge in [-0.05, 0) is 15.9 Å². The fourth-order valence-corrected chi connectivity index (χ4v) is 3.41. The van der Waals surface area contributed by atoms with Gasteiger partial charge in [-0.2, -0.15) is 0 Å². The Kier molecular flexibility index (Phi) is 3.97. The van der Waals surface area contributed by atoms with Crippen LogP contribution < -0.4 is 18.9 Å². The number of ether oxygens (including phenoxy) is 4. The van der Waals surface area contributed by atoms with Crippen LogP contribution in [0.3, 0.4) is 0 Å². The number of carbonyl (C=O) groups is 1. The molecule has 0 aromatic heterocycles. The molecule has 2 aliphatic heterocycles. The third kappa shape index (κ3) is 2.26. The summed E-state index contributed by atoms with van der Waals surface area (Å²) in [6.07, 6.45) is -0.658. The van der Waals surface area contributed by atoms with Crippen LogP contribution in [0.5, 0.6) is 23.0 Å². The highest BCUT2D eigenvalue weighted by Gasteiger charge is 2.42. The first-order valence-corrected chi connectivity index (χ1v) is 7.50. The number of oxime groups is 1. The second-order valence-corrected chi connectivity index (χ2v) is 5.75. The molecule has 3 rings (SSSR count). The summed E-state index contributed by atoms with van der Waals surface area (Å²) in [7, 11) is 2.98. The quantitative estimate of drug-likeness (QED) is 0.846. The van der Waals surface area contributed by atoms with Crippen LogP contribution in [-0.2, 0) is 9.63 Å². The van der Waals surface area contributed by atoms with Crippen LogP contribution in [-0.4, -0.2) is 37.8 Å². The van der Waals surface area contributed by atoms with Crippen molar-refractivity contribution >= 4 is 27.6 Å². The maximum absolute atomic E-state index is 11.2. The molecule has 0 amide bonds. The smallest absolute Gasteiger partial charge is 0.354 e. The Balaban J connectivity index is 2.15. The van der Waals surface area contributed by atoms with Crippen molar-refractivity contribution in [1.29, 1.82) is 0 Å². The molecule has 0 fully saturated rings. The van der Waals surface area contributed by atoms with Crippen LogP contribution in [0.1, 0.15) is 18.6 Å². The molecule has 124 valence electrons. The normalized spacial score (nSPS) is 21.7. The molecule has 9 heteroatoms. The van der Waals surface area contributed by atoms with E-state index in [0.717, 1.165) is 0 Å². The summed E-state index contributed by atoms with van der Waals surface area (Å²) < 4.78 is 22.3. The first-order chi connectivity index (χ1) is 11.0. The maximum atomic E-state index is 11.2. The topological polar surface area (TPSA) is 95.8 Å². The molecule has 1 N–H and O–H groups in total. The Morgan fingerprint density at radius 1 is 1.26 bits per heavy atom. The SMILES string of the molecule is COc1c(Br)c([C@@H]2ON=C(C(=O)O)[C@H]2C)c(OC)c2c1OCO2. The molecule has 0 radical (unpaired) electrons. The van der Waals surface area contributed by atoms with E-state index in [-0.39, 0.29) is 12.5 Å². The van der Waals surface area contributed by atoms with Gasteiger partial charge in [0.1, 0.15) is 0 Å². The highest BCUT2D eigenvalue weighted by molar-refractivity contribution is 9.10. The summed E-state index contributed by atoms with van der Waals surface area (Å²) in [5, 5.41) is 12.8. The Bertz CT molecular complexity index is 703. The van der Waals surface area contributed by atoms with E-state index < -0.39 is 18.0 Å². The van der Waals surface area contributed by atoms with Gasteiger partial charge < -0.3 is 28.9 Å². The fraction of sp³-hybridized carbons (Fsp3) is 0.429. The molecule has 0 spiro atoms. The molecule has 2 heterocycles. The number of hydrogen-bond donors (Lipinski definition) is 1. The molecular formula is C14H14BrNO7. The number of halogens is 1. The average Bonchev–Trinajstić information content (AvgIpc) is 3.13. The molecule has 1 aromatic rings. The summed E-state index contributed by atoms with van der Waals surface area (Å²) in [6, 6.07) is 0. The van der Waals surface area contributed by atoms with Gasteiger partial charge in [0.2, 0.25) is 18.3 Å². The van der Waals surface area contributed by atoms with Crippen molar-refractivity contribution < 1.29 is 33.7 Å². The molecule has 23 heavy (non-hydrogen) atoms. The Morgan fingerprint density at radius 3 is 2.39 bits per heavy atom. The monoisotopic (exact) mass is 387 g/mol. The van der Waals surface area contributed by atoms with E-state index in [4.69, 9.17) is 23.8 Å². The van der Waals surface area contributed by atoms with Gasteiger partial charge in [0.25, 0.3) is 0 Å². The number of carboxylic acid groups (broad SMARTS) is 1. The van der Waals surface area contributed by atoms with Crippen molar-refractivity contribution in [1.82, 2.24) is 0 Å². The van der Waals surface area contributed by atoms with Crippen molar-refractivity contribution in [2.75, 3.05) is 21.0 Å². The number of hydrogen-bond acceptors (Lipinski definition) is 7. The lowest BCUT2D eigenvalue weighted by Crippen LogP contribution is -2.22. The van der Waals surface area contributed by atoms with Crippen molar-refractivity contribution in [3.8, 4) is 23.0 Å². The molecule has 0 saturated carbocycles. The molecule has 0 aliphatic carbocycles. The van der Waals surface area contributed by atoms with Crippen molar-refractivity contribution in [3.63, 3.8) is 0 Å². The maximum Gasteiger partial charge on any atom is 0.354 e. The number of methoxy groups -OCH3 is 2. The predicted octanol–water partition coefficient (Wildman–Crippen LogP) is 2.34. The highest BCUT2D eigenvalue weighted by Crippen LogP contribution is 2.57. The third-order valence-corrected chi connectivity index (χ3v) is 4.55. The minimum Gasteiger partial charge on any atom is -0.492 e. The Labute approximate surface area is 140 Å². The van der Waals surface area contributed by atoms with Crippen LogP contribution in [0.15, 0.2) is 9.63 Å². The largest absolute Gasteiger partial charge is 0.492 e. The second-order valence-electron chi connectivity index (χ2n) is 4.96. The number of aliphatic carboxylic acids is 1. The van der Waals surface area contributed by atoms with Crippen molar-refractivity contribution in [3.05, 3.63) is 10.0 Å². The fourth-order valence-electron chi connectivity index (χ4n) is 2.67. The first-order valence-electron chi connectivity index (χ1n) is 6.71. The van der Waals surface area contributed by atoms with Crippen molar-refractivity contribution in [2.45, 2.75) is 13.0 Å². The van der Waals surface area contributed by atoms with E-state index in [1.165, 1.54) is 14.2 Å². The summed E-state index contributed by atoms with van der Waals surface area (Å²) in [6.45, 7) is 1.75. The Morgan fingerprint density at radius 2 is 1.87 bits per heavy atom. The number of rotatable bonds is 4. The first kappa shape index (κ1) is 15.7. The molecule has 0 saturated heterocycles. The van der Waals surface area contributed by atoms with Crippen LogP contribution in [0.25, 0.3) is 0 Å². The molecule has 8 nitrogen and oxygen atoms in total. The standard InChI is InChI=1S/C14H14BrNO7/c1-5-8(14(17)18)16-23-9(5)6-7(15)11(20-3)13-12(10(6)19-2)21-4-22-13/h5,9H,4H2,1-3H3,(H,17,18)/t5-,9-/m1/s1. The van der Waals surface area contributed by atoms with E-state index in [1.807, 2.05) is 0 Å². The van der Waals surface area contributed by atoms with E-state index in [9.17, 15) is 9.90 Å². The molecule has 0 unspecified atom stereocenters. The molecule has 1 aromatic carbocycles. The molecular weight excluding hydrogens is 374 g/mol. The zero-order valence-electron chi connectivity index (χ0n) is 12.6. The summed E-state index contributed by atoms with van der Waals surface area (Å²) in [5.41, 5.74) is 0.502. The number of carboxylic acids is 1. The van der Waals surface area contributed by atoms with Crippen LogP contribution in [0, 0.1) is 5.92 Å². The van der Waals surface area contributed by atoms with E-state index >= 15 is 0 Å². The molecule has 2 atom stereocenters. The predicted molar refractivity (Wildman–Crippen MR) is 81.4 cm³/mol. The summed E-state index contributed by atoms with van der Waals surface area (Å²) >= 11 is 3.46. The van der Waals surface area contributed by atoms with Gasteiger partial charge in [-0.15, -0.1) is 0 Å². The van der Waals surface area contributed by atoms with Gasteiger partial charge in [0.15, 0.2) is 23.3 Å². The van der Waals surface area contributed by atoms with Crippen LogP contribution in [0.4, 0.5) is 0 Å². The van der Waals surface area contributed by atoms with Gasteiger partial charge >= 0.3 is 5.97 Å². The third-order valence-electron chi connectivity index (χ3n) is 3.77. The number of nitrogens with zero attached hydrogens (tertiary/aromatic N) is 1. The highest BCUT2D eigenvalue weighted by atomic mass is 79.9. The van der Waals surface area contributed by atoms with Gasteiger partial charge in [-0.1, -0.05) is 12.1 Å². The lowest BCUT2D eigenvalue weighted by molar-refractivity contribution is -0.129.